The van der Waals surface area contributed by atoms with Crippen molar-refractivity contribution >= 4 is 18.8 Å². The van der Waals surface area contributed by atoms with Crippen molar-refractivity contribution in [2.45, 2.75) is 25.9 Å². The van der Waals surface area contributed by atoms with Crippen molar-refractivity contribution in [3.63, 3.8) is 0 Å². The van der Waals surface area contributed by atoms with Crippen molar-refractivity contribution in [1.29, 1.82) is 0 Å². The lowest BCUT2D eigenvalue weighted by Crippen LogP contribution is -1.95. The second kappa shape index (κ2) is 5.43. The van der Waals surface area contributed by atoms with Gasteiger partial charge in [-0.2, -0.15) is 0 Å². The molecule has 0 aliphatic heterocycles. The Balaban J connectivity index is 0.000000364. The van der Waals surface area contributed by atoms with E-state index < -0.39 is 6.16 Å². The molecule has 0 radical (unpaired) electrons. The fourth-order valence-electron chi connectivity index (χ4n) is 0.755. The van der Waals surface area contributed by atoms with Gasteiger partial charge in [-0.05, 0) is 26.3 Å². The van der Waals surface area contributed by atoms with Crippen LogP contribution in [0.1, 0.15) is 17.0 Å². The van der Waals surface area contributed by atoms with Crippen LogP contribution >= 0.6 is 12.6 Å². The van der Waals surface area contributed by atoms with Gasteiger partial charge in [-0.15, -0.1) is 12.6 Å². The van der Waals surface area contributed by atoms with Crippen LogP contribution in [0.25, 0.3) is 0 Å². The third kappa shape index (κ3) is 4.66. The van der Waals surface area contributed by atoms with E-state index in [4.69, 9.17) is 15.0 Å². The molecule has 6 heteroatoms. The van der Waals surface area contributed by atoms with Crippen LogP contribution in [0.5, 0.6) is 0 Å². The van der Waals surface area contributed by atoms with E-state index in [1.54, 1.807) is 0 Å². The average molecular weight is 216 g/mol. The molecule has 0 unspecified atom stereocenters. The first-order valence-corrected chi connectivity index (χ1v) is 4.22. The van der Waals surface area contributed by atoms with Crippen LogP contribution < -0.4 is 0 Å². The molecule has 0 saturated carbocycles. The molecule has 0 bridgehead atoms. The minimum atomic E-state index is -1.83. The fourth-order valence-corrected chi connectivity index (χ4v) is 1.05. The van der Waals surface area contributed by atoms with Gasteiger partial charge in [0.2, 0.25) is 0 Å². The Morgan fingerprint density at radius 1 is 1.14 bits per heavy atom. The van der Waals surface area contributed by atoms with E-state index in [0.717, 1.165) is 17.0 Å². The van der Waals surface area contributed by atoms with Gasteiger partial charge in [-0.1, -0.05) is 0 Å². The normalized spacial score (nSPS) is 8.86. The Bertz CT molecular complexity index is 314. The number of hydrogen-bond donors (Lipinski definition) is 3. The SMILES string of the molecule is Cc1nc(S)nc(C)c1C.O=C(O)O. The minimum Gasteiger partial charge on any atom is -0.450 e. The molecule has 0 spiro atoms. The number of aromatic nitrogens is 2. The Hall–Kier alpha value is -1.30. The molecule has 2 N–H and O–H groups in total. The van der Waals surface area contributed by atoms with Crippen LogP contribution in [0.3, 0.4) is 0 Å². The van der Waals surface area contributed by atoms with Gasteiger partial charge in [0, 0.05) is 11.4 Å². The van der Waals surface area contributed by atoms with Gasteiger partial charge in [-0.3, -0.25) is 0 Å². The van der Waals surface area contributed by atoms with Gasteiger partial charge in [0.1, 0.15) is 0 Å². The predicted molar refractivity (Wildman–Crippen MR) is 54.1 cm³/mol. The molecule has 14 heavy (non-hydrogen) atoms. The number of hydrogen-bond acceptors (Lipinski definition) is 4. The van der Waals surface area contributed by atoms with Gasteiger partial charge in [0.05, 0.1) is 0 Å². The number of rotatable bonds is 0. The monoisotopic (exact) mass is 216 g/mol. The van der Waals surface area contributed by atoms with E-state index in [9.17, 15) is 0 Å². The zero-order valence-electron chi connectivity index (χ0n) is 8.14. The van der Waals surface area contributed by atoms with Crippen LogP contribution in [-0.4, -0.2) is 26.3 Å². The maximum Gasteiger partial charge on any atom is 0.503 e. The maximum absolute atomic E-state index is 8.56. The lowest BCUT2D eigenvalue weighted by Gasteiger charge is -2.01. The van der Waals surface area contributed by atoms with Crippen LogP contribution in [-0.2, 0) is 0 Å². The first-order chi connectivity index (χ1) is 6.34. The summed E-state index contributed by atoms with van der Waals surface area (Å²) in [5, 5.41) is 14.5. The summed E-state index contributed by atoms with van der Waals surface area (Å²) in [6.45, 7) is 5.94. The average Bonchev–Trinajstić information content (AvgIpc) is 1.98. The van der Waals surface area contributed by atoms with Crippen molar-refractivity contribution in [1.82, 2.24) is 9.97 Å². The highest BCUT2D eigenvalue weighted by molar-refractivity contribution is 7.80. The Kier molecular flexibility index (Phi) is 4.93. The number of carbonyl (C=O) groups is 1. The molecule has 1 rings (SSSR count). The topological polar surface area (TPSA) is 83.3 Å². The molecule has 1 heterocycles. The zero-order chi connectivity index (χ0) is 11.3. The molecular formula is C8H12N2O3S. The summed E-state index contributed by atoms with van der Waals surface area (Å²) in [5.74, 6) is 0. The summed E-state index contributed by atoms with van der Waals surface area (Å²) >= 11 is 4.05. The van der Waals surface area contributed by atoms with Crippen molar-refractivity contribution in [3.05, 3.63) is 17.0 Å². The minimum absolute atomic E-state index is 0.556. The molecule has 1 aromatic heterocycles. The Morgan fingerprint density at radius 3 is 1.71 bits per heavy atom. The molecule has 0 aliphatic rings. The standard InChI is InChI=1S/C7H10N2S.CH2O3/c1-4-5(2)8-7(10)9-6(4)3;2-1(3)4/h1-3H3,(H,8,9,10);(H2,2,3,4). The maximum atomic E-state index is 8.56. The zero-order valence-corrected chi connectivity index (χ0v) is 9.04. The van der Waals surface area contributed by atoms with Crippen LogP contribution in [0.15, 0.2) is 5.16 Å². The summed E-state index contributed by atoms with van der Waals surface area (Å²) < 4.78 is 0. The van der Waals surface area contributed by atoms with Gasteiger partial charge in [0.25, 0.3) is 0 Å². The van der Waals surface area contributed by atoms with Gasteiger partial charge in [-0.25, -0.2) is 14.8 Å². The quantitative estimate of drug-likeness (QED) is 0.456. The van der Waals surface area contributed by atoms with E-state index in [1.807, 2.05) is 20.8 Å². The number of aryl methyl sites for hydroxylation is 2. The summed E-state index contributed by atoms with van der Waals surface area (Å²) in [7, 11) is 0. The van der Waals surface area contributed by atoms with Gasteiger partial charge in [0.15, 0.2) is 5.16 Å². The molecule has 0 amide bonds. The third-order valence-electron chi connectivity index (χ3n) is 1.62. The molecule has 5 nitrogen and oxygen atoms in total. The van der Waals surface area contributed by atoms with Crippen molar-refractivity contribution < 1.29 is 15.0 Å². The fraction of sp³-hybridized carbons (Fsp3) is 0.375. The second-order valence-electron chi connectivity index (χ2n) is 2.60. The highest BCUT2D eigenvalue weighted by atomic mass is 32.1. The molecule has 0 atom stereocenters. The second-order valence-corrected chi connectivity index (χ2v) is 3.00. The largest absolute Gasteiger partial charge is 0.503 e. The highest BCUT2D eigenvalue weighted by Gasteiger charge is 1.99. The summed E-state index contributed by atoms with van der Waals surface area (Å²) in [5.41, 5.74) is 3.17. The number of carboxylic acid groups (broad SMARTS) is 2. The van der Waals surface area contributed by atoms with E-state index in [1.165, 1.54) is 0 Å². The van der Waals surface area contributed by atoms with E-state index in [2.05, 4.69) is 22.6 Å². The van der Waals surface area contributed by atoms with Crippen molar-refractivity contribution in [2.75, 3.05) is 0 Å². The van der Waals surface area contributed by atoms with Crippen molar-refractivity contribution in [2.24, 2.45) is 0 Å². The Labute approximate surface area is 87.2 Å². The molecule has 0 saturated heterocycles. The third-order valence-corrected chi connectivity index (χ3v) is 1.82. The molecule has 0 fully saturated rings. The first kappa shape index (κ1) is 12.7. The van der Waals surface area contributed by atoms with Crippen LogP contribution in [0.4, 0.5) is 4.79 Å². The summed E-state index contributed by atoms with van der Waals surface area (Å²) in [6, 6.07) is 0. The molecular weight excluding hydrogens is 204 g/mol. The van der Waals surface area contributed by atoms with Crippen LogP contribution in [0.2, 0.25) is 0 Å². The highest BCUT2D eigenvalue weighted by Crippen LogP contribution is 2.09. The number of nitrogens with zero attached hydrogens (tertiary/aromatic N) is 2. The lowest BCUT2D eigenvalue weighted by molar-refractivity contribution is 0.137. The van der Waals surface area contributed by atoms with Gasteiger partial charge >= 0.3 is 6.16 Å². The summed E-state index contributed by atoms with van der Waals surface area (Å²) in [6.07, 6.45) is -1.83. The molecule has 0 aromatic carbocycles. The number of thiol groups is 1. The smallest absolute Gasteiger partial charge is 0.450 e. The lowest BCUT2D eigenvalue weighted by atomic mass is 10.2. The first-order valence-electron chi connectivity index (χ1n) is 3.77. The van der Waals surface area contributed by atoms with Crippen molar-refractivity contribution in [3.8, 4) is 0 Å². The Morgan fingerprint density at radius 2 is 1.43 bits per heavy atom. The van der Waals surface area contributed by atoms with E-state index >= 15 is 0 Å². The summed E-state index contributed by atoms with van der Waals surface area (Å²) in [4.78, 5) is 16.7. The molecule has 78 valence electrons. The molecule has 1 aromatic rings. The molecule has 0 aliphatic carbocycles. The predicted octanol–water partition coefficient (Wildman–Crippen LogP) is 1.91. The van der Waals surface area contributed by atoms with Gasteiger partial charge < -0.3 is 10.2 Å². The van der Waals surface area contributed by atoms with Crippen LogP contribution in [0, 0.1) is 20.8 Å². The van der Waals surface area contributed by atoms with E-state index in [0.29, 0.717) is 5.16 Å². The van der Waals surface area contributed by atoms with E-state index in [-0.39, 0.29) is 0 Å².